The van der Waals surface area contributed by atoms with Crippen LogP contribution in [0.5, 0.6) is 0 Å². The molecule has 1 fully saturated rings. The Hall–Kier alpha value is -0.290. The van der Waals surface area contributed by atoms with Crippen LogP contribution in [0.3, 0.4) is 0 Å². The van der Waals surface area contributed by atoms with E-state index in [9.17, 15) is 13.2 Å². The van der Waals surface area contributed by atoms with Crippen molar-refractivity contribution >= 4 is 0 Å². The van der Waals surface area contributed by atoms with Crippen LogP contribution in [0.1, 0.15) is 26.7 Å². The van der Waals surface area contributed by atoms with Crippen LogP contribution >= 0.6 is 0 Å². The van der Waals surface area contributed by atoms with E-state index in [4.69, 9.17) is 0 Å². The van der Waals surface area contributed by atoms with Gasteiger partial charge in [0, 0.05) is 6.04 Å². The molecule has 1 aliphatic carbocycles. The van der Waals surface area contributed by atoms with Gasteiger partial charge in [-0.1, -0.05) is 13.8 Å². The molecule has 0 aromatic carbocycles. The molecule has 2 atom stereocenters. The van der Waals surface area contributed by atoms with Crippen molar-refractivity contribution in [3.05, 3.63) is 0 Å². The van der Waals surface area contributed by atoms with Crippen molar-refractivity contribution in [2.24, 2.45) is 11.8 Å². The van der Waals surface area contributed by atoms with Crippen LogP contribution in [0.15, 0.2) is 0 Å². The molecule has 1 aliphatic rings. The zero-order valence-corrected chi connectivity index (χ0v) is 10.8. The first-order valence-electron chi connectivity index (χ1n) is 6.27. The molecule has 102 valence electrons. The molecule has 5 heteroatoms. The second-order valence-corrected chi connectivity index (χ2v) is 5.49. The highest BCUT2D eigenvalue weighted by molar-refractivity contribution is 4.89. The van der Waals surface area contributed by atoms with Gasteiger partial charge in [0.2, 0.25) is 0 Å². The lowest BCUT2D eigenvalue weighted by Gasteiger charge is -2.43. The molecule has 0 heterocycles. The van der Waals surface area contributed by atoms with Crippen molar-refractivity contribution in [2.45, 2.75) is 38.9 Å². The first kappa shape index (κ1) is 14.8. The lowest BCUT2D eigenvalue weighted by molar-refractivity contribution is -0.153. The van der Waals surface area contributed by atoms with Gasteiger partial charge in [-0.25, -0.2) is 0 Å². The van der Waals surface area contributed by atoms with Gasteiger partial charge in [0.15, 0.2) is 0 Å². The van der Waals surface area contributed by atoms with Crippen molar-refractivity contribution in [3.63, 3.8) is 0 Å². The van der Waals surface area contributed by atoms with E-state index in [0.717, 1.165) is 25.9 Å². The molecule has 17 heavy (non-hydrogen) atoms. The average molecular weight is 252 g/mol. The van der Waals surface area contributed by atoms with Crippen LogP contribution in [0.4, 0.5) is 13.2 Å². The van der Waals surface area contributed by atoms with E-state index < -0.39 is 12.7 Å². The van der Waals surface area contributed by atoms with E-state index in [0.29, 0.717) is 11.8 Å². The normalized spacial score (nSPS) is 25.4. The highest BCUT2D eigenvalue weighted by Gasteiger charge is 2.38. The summed E-state index contributed by atoms with van der Waals surface area (Å²) in [5, 5.41) is 3.33. The maximum atomic E-state index is 12.3. The monoisotopic (exact) mass is 252 g/mol. The summed E-state index contributed by atoms with van der Waals surface area (Å²) in [4.78, 5) is 1.45. The molecule has 0 radical (unpaired) electrons. The van der Waals surface area contributed by atoms with Gasteiger partial charge in [0.05, 0.1) is 6.54 Å². The first-order chi connectivity index (χ1) is 7.79. The van der Waals surface area contributed by atoms with Crippen molar-refractivity contribution < 1.29 is 13.2 Å². The molecule has 0 amide bonds. The minimum atomic E-state index is -4.08. The summed E-state index contributed by atoms with van der Waals surface area (Å²) >= 11 is 0. The predicted molar refractivity (Wildman–Crippen MR) is 62.9 cm³/mol. The van der Waals surface area contributed by atoms with Gasteiger partial charge in [-0.15, -0.1) is 0 Å². The van der Waals surface area contributed by atoms with E-state index in [-0.39, 0.29) is 6.04 Å². The first-order valence-corrected chi connectivity index (χ1v) is 6.27. The molecule has 0 aromatic rings. The summed E-state index contributed by atoms with van der Waals surface area (Å²) in [7, 11) is 1.58. The third kappa shape index (κ3) is 5.25. The number of halogens is 3. The molecular formula is C12H23F3N2. The van der Waals surface area contributed by atoms with Gasteiger partial charge in [-0.2, -0.15) is 13.2 Å². The Labute approximate surface area is 102 Å². The van der Waals surface area contributed by atoms with Crippen LogP contribution in [-0.2, 0) is 0 Å². The largest absolute Gasteiger partial charge is 0.401 e. The zero-order valence-electron chi connectivity index (χ0n) is 10.8. The summed E-state index contributed by atoms with van der Waals surface area (Å²) in [6.45, 7) is 5.23. The molecule has 1 saturated carbocycles. The fraction of sp³-hybridized carbons (Fsp3) is 1.00. The zero-order chi connectivity index (χ0) is 13.1. The minimum absolute atomic E-state index is 0.0938. The summed E-state index contributed by atoms with van der Waals surface area (Å²) in [6, 6.07) is 0.0938. The summed E-state index contributed by atoms with van der Waals surface area (Å²) in [6.07, 6.45) is -2.15. The number of alkyl halides is 3. The molecule has 2 nitrogen and oxygen atoms in total. The van der Waals surface area contributed by atoms with E-state index >= 15 is 0 Å². The average Bonchev–Trinajstić information content (AvgIpc) is 2.06. The Morgan fingerprint density at radius 2 is 1.94 bits per heavy atom. The summed E-state index contributed by atoms with van der Waals surface area (Å²) in [5.41, 5.74) is 0. The Morgan fingerprint density at radius 3 is 2.35 bits per heavy atom. The van der Waals surface area contributed by atoms with Crippen LogP contribution in [0.2, 0.25) is 0 Å². The minimum Gasteiger partial charge on any atom is -0.316 e. The highest BCUT2D eigenvalue weighted by atomic mass is 19.4. The van der Waals surface area contributed by atoms with E-state index in [1.807, 2.05) is 0 Å². The van der Waals surface area contributed by atoms with Crippen molar-refractivity contribution in [1.82, 2.24) is 10.2 Å². The van der Waals surface area contributed by atoms with Gasteiger partial charge in [0.1, 0.15) is 0 Å². The van der Waals surface area contributed by atoms with Crippen molar-refractivity contribution in [1.29, 1.82) is 0 Å². The fourth-order valence-electron chi connectivity index (χ4n) is 2.33. The Balaban J connectivity index is 2.25. The number of nitrogens with zero attached hydrogens (tertiary/aromatic N) is 1. The smallest absolute Gasteiger partial charge is 0.316 e. The number of rotatable bonds is 6. The molecule has 2 unspecified atom stereocenters. The quantitative estimate of drug-likeness (QED) is 0.781. The second-order valence-electron chi connectivity index (χ2n) is 5.49. The second kappa shape index (κ2) is 6.05. The van der Waals surface area contributed by atoms with Crippen molar-refractivity contribution in [3.8, 4) is 0 Å². The molecule has 0 aliphatic heterocycles. The lowest BCUT2D eigenvalue weighted by atomic mass is 9.78. The van der Waals surface area contributed by atoms with Gasteiger partial charge in [0.25, 0.3) is 0 Å². The standard InChI is InChI=1S/C12H23F3N2/c1-9(2)6-16-7-10-4-5-11(10)17(3)8-12(13,14)15/h9-11,16H,4-8H2,1-3H3. The predicted octanol–water partition coefficient (Wildman–Crippen LogP) is 2.50. The van der Waals surface area contributed by atoms with Gasteiger partial charge in [-0.05, 0) is 44.8 Å². The fourth-order valence-corrected chi connectivity index (χ4v) is 2.33. The maximum absolute atomic E-state index is 12.3. The van der Waals surface area contributed by atoms with Gasteiger partial charge >= 0.3 is 6.18 Å². The SMILES string of the molecule is CC(C)CNCC1CCC1N(C)CC(F)(F)F. The number of nitrogens with one attached hydrogen (secondary N) is 1. The Bertz CT molecular complexity index is 228. The topological polar surface area (TPSA) is 15.3 Å². The van der Waals surface area contributed by atoms with Crippen LogP contribution < -0.4 is 5.32 Å². The molecular weight excluding hydrogens is 229 g/mol. The number of hydrogen-bond acceptors (Lipinski definition) is 2. The summed E-state index contributed by atoms with van der Waals surface area (Å²) in [5.74, 6) is 0.961. The third-order valence-electron chi connectivity index (χ3n) is 3.33. The van der Waals surface area contributed by atoms with E-state index in [2.05, 4.69) is 19.2 Å². The van der Waals surface area contributed by atoms with Gasteiger partial charge in [-0.3, -0.25) is 4.90 Å². The molecule has 0 saturated heterocycles. The highest BCUT2D eigenvalue weighted by Crippen LogP contribution is 2.32. The number of hydrogen-bond donors (Lipinski definition) is 1. The van der Waals surface area contributed by atoms with Gasteiger partial charge < -0.3 is 5.32 Å². The molecule has 0 aromatic heterocycles. The van der Waals surface area contributed by atoms with E-state index in [1.165, 1.54) is 4.90 Å². The van der Waals surface area contributed by atoms with Crippen LogP contribution in [-0.4, -0.2) is 43.8 Å². The Kier molecular flexibility index (Phi) is 5.25. The van der Waals surface area contributed by atoms with Crippen LogP contribution in [0.25, 0.3) is 0 Å². The van der Waals surface area contributed by atoms with Crippen molar-refractivity contribution in [2.75, 3.05) is 26.7 Å². The third-order valence-corrected chi connectivity index (χ3v) is 3.33. The maximum Gasteiger partial charge on any atom is 0.401 e. The Morgan fingerprint density at radius 1 is 1.29 bits per heavy atom. The van der Waals surface area contributed by atoms with E-state index in [1.54, 1.807) is 7.05 Å². The molecule has 0 spiro atoms. The van der Waals surface area contributed by atoms with Crippen LogP contribution in [0, 0.1) is 11.8 Å². The molecule has 1 N–H and O–H groups in total. The molecule has 1 rings (SSSR count). The molecule has 0 bridgehead atoms. The summed E-state index contributed by atoms with van der Waals surface area (Å²) < 4.78 is 36.8. The lowest BCUT2D eigenvalue weighted by Crippen LogP contribution is -2.51.